The second-order valence-corrected chi connectivity index (χ2v) is 4.89. The quantitative estimate of drug-likeness (QED) is 0.856. The normalized spacial score (nSPS) is 11.6. The van der Waals surface area contributed by atoms with Crippen molar-refractivity contribution in [3.8, 4) is 0 Å². The number of thioether (sulfide) groups is 1. The molecule has 0 spiro atoms. The van der Waals surface area contributed by atoms with Crippen LogP contribution in [0.4, 0.5) is 13.2 Å². The van der Waals surface area contributed by atoms with Gasteiger partial charge < -0.3 is 9.52 Å². The van der Waals surface area contributed by atoms with E-state index < -0.39 is 17.7 Å². The average Bonchev–Trinajstić information content (AvgIpc) is 2.85. The van der Waals surface area contributed by atoms with Gasteiger partial charge in [-0.05, 0) is 23.8 Å². The highest BCUT2D eigenvalue weighted by molar-refractivity contribution is 7.98. The van der Waals surface area contributed by atoms with Crippen LogP contribution in [0.15, 0.2) is 45.9 Å². The minimum Gasteiger partial charge on any atom is -0.475 e. The summed E-state index contributed by atoms with van der Waals surface area (Å²) in [6.07, 6.45) is -4.37. The largest absolute Gasteiger partial charge is 0.475 e. The maximum atomic E-state index is 12.5. The van der Waals surface area contributed by atoms with Gasteiger partial charge in [0.05, 0.1) is 5.56 Å². The summed E-state index contributed by atoms with van der Waals surface area (Å²) in [5.41, 5.74) is -0.223. The molecule has 0 unspecified atom stereocenters. The van der Waals surface area contributed by atoms with Crippen molar-refractivity contribution in [1.82, 2.24) is 0 Å². The molecule has 0 aliphatic rings. The van der Waals surface area contributed by atoms with Gasteiger partial charge in [0, 0.05) is 5.75 Å². The Morgan fingerprint density at radius 2 is 2.00 bits per heavy atom. The van der Waals surface area contributed by atoms with Gasteiger partial charge in [0.1, 0.15) is 0 Å². The summed E-state index contributed by atoms with van der Waals surface area (Å²) in [5, 5.41) is 9.03. The lowest BCUT2D eigenvalue weighted by molar-refractivity contribution is -0.137. The predicted octanol–water partition coefficient (Wildman–Crippen LogP) is 4.29. The molecule has 0 atom stereocenters. The van der Waals surface area contributed by atoms with Gasteiger partial charge in [-0.2, -0.15) is 13.2 Å². The van der Waals surface area contributed by atoms with Crippen LogP contribution >= 0.6 is 11.8 Å². The van der Waals surface area contributed by atoms with Gasteiger partial charge in [-0.25, -0.2) is 4.79 Å². The van der Waals surface area contributed by atoms with Crippen molar-refractivity contribution >= 4 is 17.7 Å². The van der Waals surface area contributed by atoms with Crippen LogP contribution in [0.5, 0.6) is 0 Å². The molecule has 1 N–H and O–H groups in total. The van der Waals surface area contributed by atoms with Gasteiger partial charge in [0.2, 0.25) is 5.76 Å². The smallest absolute Gasteiger partial charge is 0.416 e. The van der Waals surface area contributed by atoms with Crippen molar-refractivity contribution in [2.75, 3.05) is 0 Å². The molecular weight excluding hydrogens is 293 g/mol. The first-order valence-electron chi connectivity index (χ1n) is 5.48. The Balaban J connectivity index is 2.05. The number of carboxylic acid groups (broad SMARTS) is 1. The molecule has 7 heteroatoms. The number of alkyl halides is 3. The molecule has 0 radical (unpaired) electrons. The van der Waals surface area contributed by atoms with Crippen molar-refractivity contribution in [3.63, 3.8) is 0 Å². The van der Waals surface area contributed by atoms with Gasteiger partial charge >= 0.3 is 12.1 Å². The van der Waals surface area contributed by atoms with E-state index in [-0.39, 0.29) is 11.5 Å². The molecule has 1 heterocycles. The zero-order valence-electron chi connectivity index (χ0n) is 9.98. The summed E-state index contributed by atoms with van der Waals surface area (Å²) >= 11 is 1.13. The Hall–Kier alpha value is -1.89. The lowest BCUT2D eigenvalue weighted by Gasteiger charge is -2.08. The van der Waals surface area contributed by atoms with E-state index >= 15 is 0 Å². The molecule has 0 bridgehead atoms. The molecule has 106 valence electrons. The lowest BCUT2D eigenvalue weighted by Crippen LogP contribution is -2.04. The van der Waals surface area contributed by atoms with E-state index in [9.17, 15) is 18.0 Å². The number of hydrogen-bond donors (Lipinski definition) is 1. The second-order valence-electron chi connectivity index (χ2n) is 3.91. The first kappa shape index (κ1) is 14.5. The SMILES string of the molecule is O=C(O)c1ccc(SCc2cccc(C(F)(F)F)c2)o1. The van der Waals surface area contributed by atoms with Crippen LogP contribution < -0.4 is 0 Å². The zero-order chi connectivity index (χ0) is 14.8. The van der Waals surface area contributed by atoms with Crippen LogP contribution in [-0.4, -0.2) is 11.1 Å². The summed E-state index contributed by atoms with van der Waals surface area (Å²) in [4.78, 5) is 10.6. The van der Waals surface area contributed by atoms with Crippen LogP contribution in [0, 0.1) is 0 Å². The molecule has 0 aliphatic heterocycles. The third kappa shape index (κ3) is 3.57. The molecule has 0 fully saturated rings. The summed E-state index contributed by atoms with van der Waals surface area (Å²) in [7, 11) is 0. The van der Waals surface area contributed by atoms with Crippen LogP contribution in [0.3, 0.4) is 0 Å². The second kappa shape index (κ2) is 5.62. The summed E-state index contributed by atoms with van der Waals surface area (Å²) < 4.78 is 42.6. The van der Waals surface area contributed by atoms with Crippen molar-refractivity contribution < 1.29 is 27.5 Å². The van der Waals surface area contributed by atoms with Crippen LogP contribution in [0.2, 0.25) is 0 Å². The number of aromatic carboxylic acids is 1. The fourth-order valence-corrected chi connectivity index (χ4v) is 2.31. The zero-order valence-corrected chi connectivity index (χ0v) is 10.8. The minimum absolute atomic E-state index is 0.198. The molecule has 1 aromatic heterocycles. The topological polar surface area (TPSA) is 50.4 Å². The number of rotatable bonds is 4. The third-order valence-electron chi connectivity index (χ3n) is 2.43. The Morgan fingerprint density at radius 1 is 1.25 bits per heavy atom. The standard InChI is InChI=1S/C13H9F3O3S/c14-13(15,16)9-3-1-2-8(6-9)7-20-11-5-4-10(19-11)12(17)18/h1-6H,7H2,(H,17,18). The highest BCUT2D eigenvalue weighted by Crippen LogP contribution is 2.31. The molecule has 0 saturated heterocycles. The Bertz CT molecular complexity index is 619. The molecule has 2 rings (SSSR count). The average molecular weight is 302 g/mol. The Labute approximate surface area is 116 Å². The van der Waals surface area contributed by atoms with E-state index in [1.165, 1.54) is 18.2 Å². The van der Waals surface area contributed by atoms with Gasteiger partial charge in [0.15, 0.2) is 5.09 Å². The first-order chi connectivity index (χ1) is 9.36. The number of benzene rings is 1. The molecule has 0 amide bonds. The van der Waals surface area contributed by atoms with Gasteiger partial charge in [-0.1, -0.05) is 30.0 Å². The number of furan rings is 1. The predicted molar refractivity (Wildman–Crippen MR) is 66.7 cm³/mol. The number of carboxylic acids is 1. The van der Waals surface area contributed by atoms with Crippen LogP contribution in [0.25, 0.3) is 0 Å². The number of halogens is 3. The molecule has 2 aromatic rings. The van der Waals surface area contributed by atoms with E-state index in [0.29, 0.717) is 10.7 Å². The number of carbonyl (C=O) groups is 1. The van der Waals surface area contributed by atoms with Gasteiger partial charge in [-0.15, -0.1) is 0 Å². The highest BCUT2D eigenvalue weighted by atomic mass is 32.2. The van der Waals surface area contributed by atoms with Gasteiger partial charge in [0.25, 0.3) is 0 Å². The third-order valence-corrected chi connectivity index (χ3v) is 3.41. The molecule has 1 aromatic carbocycles. The molecule has 0 aliphatic carbocycles. The van der Waals surface area contributed by atoms with Crippen molar-refractivity contribution in [3.05, 3.63) is 53.3 Å². The maximum absolute atomic E-state index is 12.5. The van der Waals surface area contributed by atoms with E-state index in [4.69, 9.17) is 9.52 Å². The minimum atomic E-state index is -4.37. The van der Waals surface area contributed by atoms with E-state index in [0.717, 1.165) is 23.9 Å². The lowest BCUT2D eigenvalue weighted by atomic mass is 10.1. The van der Waals surface area contributed by atoms with Gasteiger partial charge in [-0.3, -0.25) is 0 Å². The molecular formula is C13H9F3O3S. The maximum Gasteiger partial charge on any atom is 0.416 e. The summed E-state index contributed by atoms with van der Waals surface area (Å²) in [6.45, 7) is 0. The fraction of sp³-hybridized carbons (Fsp3) is 0.154. The Morgan fingerprint density at radius 3 is 2.60 bits per heavy atom. The monoisotopic (exact) mass is 302 g/mol. The van der Waals surface area contributed by atoms with Crippen molar-refractivity contribution in [2.45, 2.75) is 17.0 Å². The fourth-order valence-electron chi connectivity index (χ4n) is 1.50. The summed E-state index contributed by atoms with van der Waals surface area (Å²) in [6, 6.07) is 7.75. The number of hydrogen-bond acceptors (Lipinski definition) is 3. The van der Waals surface area contributed by atoms with Crippen molar-refractivity contribution in [2.24, 2.45) is 0 Å². The van der Waals surface area contributed by atoms with Crippen molar-refractivity contribution in [1.29, 1.82) is 0 Å². The van der Waals surface area contributed by atoms with E-state index in [1.807, 2.05) is 0 Å². The molecule has 3 nitrogen and oxygen atoms in total. The van der Waals surface area contributed by atoms with E-state index in [2.05, 4.69) is 0 Å². The molecule has 20 heavy (non-hydrogen) atoms. The Kier molecular flexibility index (Phi) is 4.08. The van der Waals surface area contributed by atoms with Crippen LogP contribution in [0.1, 0.15) is 21.7 Å². The first-order valence-corrected chi connectivity index (χ1v) is 6.47. The van der Waals surface area contributed by atoms with Crippen LogP contribution in [-0.2, 0) is 11.9 Å². The molecule has 0 saturated carbocycles. The van der Waals surface area contributed by atoms with E-state index in [1.54, 1.807) is 6.07 Å². The highest BCUT2D eigenvalue weighted by Gasteiger charge is 2.30. The summed E-state index contributed by atoms with van der Waals surface area (Å²) in [5.74, 6) is -1.12.